The molecule has 0 heterocycles. The van der Waals surface area contributed by atoms with Crippen molar-refractivity contribution in [3.63, 3.8) is 0 Å². The maximum absolute atomic E-state index is 10.8. The minimum atomic E-state index is -2.99. The van der Waals surface area contributed by atoms with Gasteiger partial charge in [-0.15, -0.1) is 0 Å². The van der Waals surface area contributed by atoms with E-state index in [9.17, 15) is 8.42 Å². The van der Waals surface area contributed by atoms with Gasteiger partial charge < -0.3 is 0 Å². The minimum Gasteiger partial charge on any atom is -0.215 e. The zero-order chi connectivity index (χ0) is 10.6. The smallest absolute Gasteiger partial charge is 0.208 e. The molecule has 0 aromatic heterocycles. The Kier molecular flexibility index (Phi) is 4.38. The Morgan fingerprint density at radius 2 is 2.07 bits per heavy atom. The van der Waals surface area contributed by atoms with Crippen LogP contribution >= 0.6 is 0 Å². The molecule has 1 fully saturated rings. The van der Waals surface area contributed by atoms with Crippen LogP contribution in [0.25, 0.3) is 0 Å². The fraction of sp³-hybridized carbons (Fsp3) is 1.00. The summed E-state index contributed by atoms with van der Waals surface area (Å²) in [5.74, 6) is 1.56. The predicted octanol–water partition coefficient (Wildman–Crippen LogP) is 1.75. The van der Waals surface area contributed by atoms with E-state index in [1.54, 1.807) is 0 Å². The standard InChI is InChI=1S/C10H21NO2S/c1-9-4-3-5-10(8-9)6-7-11-14(2,12)13/h9-11H,3-8H2,1-2H3. The van der Waals surface area contributed by atoms with Crippen LogP contribution in [-0.4, -0.2) is 21.2 Å². The highest BCUT2D eigenvalue weighted by Gasteiger charge is 2.18. The van der Waals surface area contributed by atoms with Crippen LogP contribution in [0.2, 0.25) is 0 Å². The third-order valence-electron chi connectivity index (χ3n) is 2.96. The molecule has 84 valence electrons. The maximum atomic E-state index is 10.8. The molecule has 1 rings (SSSR count). The summed E-state index contributed by atoms with van der Waals surface area (Å²) in [6, 6.07) is 0. The van der Waals surface area contributed by atoms with Crippen LogP contribution in [0.15, 0.2) is 0 Å². The first-order chi connectivity index (χ1) is 6.47. The van der Waals surface area contributed by atoms with E-state index in [0.717, 1.165) is 18.3 Å². The second kappa shape index (κ2) is 5.12. The van der Waals surface area contributed by atoms with Crippen LogP contribution < -0.4 is 4.72 Å². The third kappa shape index (κ3) is 4.96. The molecule has 1 N–H and O–H groups in total. The predicted molar refractivity (Wildman–Crippen MR) is 58.6 cm³/mol. The molecule has 2 atom stereocenters. The summed E-state index contributed by atoms with van der Waals surface area (Å²) in [6.45, 7) is 2.90. The number of nitrogens with one attached hydrogen (secondary N) is 1. The van der Waals surface area contributed by atoms with Gasteiger partial charge in [-0.05, 0) is 24.7 Å². The summed E-state index contributed by atoms with van der Waals surface area (Å²) in [6.07, 6.45) is 7.41. The quantitative estimate of drug-likeness (QED) is 0.783. The highest BCUT2D eigenvalue weighted by molar-refractivity contribution is 7.88. The number of hydrogen-bond acceptors (Lipinski definition) is 2. The van der Waals surface area contributed by atoms with Crippen molar-refractivity contribution in [3.8, 4) is 0 Å². The average molecular weight is 219 g/mol. The van der Waals surface area contributed by atoms with Crippen molar-refractivity contribution in [3.05, 3.63) is 0 Å². The second-order valence-corrected chi connectivity index (χ2v) is 6.43. The van der Waals surface area contributed by atoms with Crippen molar-refractivity contribution in [2.24, 2.45) is 11.8 Å². The first-order valence-corrected chi connectivity index (χ1v) is 7.31. The lowest BCUT2D eigenvalue weighted by molar-refractivity contribution is 0.271. The van der Waals surface area contributed by atoms with Gasteiger partial charge in [0.15, 0.2) is 0 Å². The Morgan fingerprint density at radius 3 is 2.64 bits per heavy atom. The molecule has 1 aliphatic carbocycles. The molecule has 0 radical (unpaired) electrons. The van der Waals surface area contributed by atoms with Gasteiger partial charge in [0.1, 0.15) is 0 Å². The van der Waals surface area contributed by atoms with E-state index in [1.807, 2.05) is 0 Å². The molecule has 4 heteroatoms. The van der Waals surface area contributed by atoms with Crippen LogP contribution in [0.5, 0.6) is 0 Å². The van der Waals surface area contributed by atoms with Crippen molar-refractivity contribution < 1.29 is 8.42 Å². The number of hydrogen-bond donors (Lipinski definition) is 1. The minimum absolute atomic E-state index is 0.607. The summed E-state index contributed by atoms with van der Waals surface area (Å²) in [7, 11) is -2.99. The van der Waals surface area contributed by atoms with Crippen LogP contribution in [0.3, 0.4) is 0 Å². The van der Waals surface area contributed by atoms with Crippen LogP contribution in [0, 0.1) is 11.8 Å². The summed E-state index contributed by atoms with van der Waals surface area (Å²) in [4.78, 5) is 0. The Balaban J connectivity index is 2.18. The van der Waals surface area contributed by atoms with Gasteiger partial charge >= 0.3 is 0 Å². The zero-order valence-electron chi connectivity index (χ0n) is 9.12. The molecule has 3 nitrogen and oxygen atoms in total. The van der Waals surface area contributed by atoms with Crippen molar-refractivity contribution in [1.29, 1.82) is 0 Å². The molecule has 0 aromatic carbocycles. The van der Waals surface area contributed by atoms with Gasteiger partial charge in [-0.2, -0.15) is 0 Å². The van der Waals surface area contributed by atoms with E-state index < -0.39 is 10.0 Å². The van der Waals surface area contributed by atoms with Crippen LogP contribution in [-0.2, 0) is 10.0 Å². The Hall–Kier alpha value is -0.0900. The first kappa shape index (κ1) is 12.0. The molecule has 1 saturated carbocycles. The lowest BCUT2D eigenvalue weighted by atomic mass is 9.81. The van der Waals surface area contributed by atoms with E-state index in [1.165, 1.54) is 31.9 Å². The van der Waals surface area contributed by atoms with Crippen molar-refractivity contribution >= 4 is 10.0 Å². The summed E-state index contributed by atoms with van der Waals surface area (Å²) in [5, 5.41) is 0. The summed E-state index contributed by atoms with van der Waals surface area (Å²) < 4.78 is 24.2. The topological polar surface area (TPSA) is 46.2 Å². The van der Waals surface area contributed by atoms with Crippen molar-refractivity contribution in [1.82, 2.24) is 4.72 Å². The van der Waals surface area contributed by atoms with Crippen molar-refractivity contribution in [2.45, 2.75) is 39.0 Å². The van der Waals surface area contributed by atoms with E-state index in [2.05, 4.69) is 11.6 Å². The fourth-order valence-electron chi connectivity index (χ4n) is 2.27. The second-order valence-electron chi connectivity index (χ2n) is 4.59. The van der Waals surface area contributed by atoms with Gasteiger partial charge in [0, 0.05) is 6.54 Å². The normalized spacial score (nSPS) is 29.0. The molecule has 0 spiro atoms. The van der Waals surface area contributed by atoms with Gasteiger partial charge in [0.05, 0.1) is 6.26 Å². The molecule has 1 aliphatic rings. The number of sulfonamides is 1. The monoisotopic (exact) mass is 219 g/mol. The molecular formula is C10H21NO2S. The van der Waals surface area contributed by atoms with Gasteiger partial charge in [-0.25, -0.2) is 13.1 Å². The lowest BCUT2D eigenvalue weighted by Gasteiger charge is -2.26. The average Bonchev–Trinajstić information content (AvgIpc) is 2.01. The highest BCUT2D eigenvalue weighted by Crippen LogP contribution is 2.30. The molecule has 0 bridgehead atoms. The first-order valence-electron chi connectivity index (χ1n) is 5.42. The summed E-state index contributed by atoms with van der Waals surface area (Å²) in [5.41, 5.74) is 0. The summed E-state index contributed by atoms with van der Waals surface area (Å²) >= 11 is 0. The van der Waals surface area contributed by atoms with Gasteiger partial charge in [-0.3, -0.25) is 0 Å². The number of rotatable bonds is 4. The molecule has 0 aromatic rings. The van der Waals surface area contributed by atoms with E-state index >= 15 is 0 Å². The highest BCUT2D eigenvalue weighted by atomic mass is 32.2. The van der Waals surface area contributed by atoms with Gasteiger partial charge in [0.25, 0.3) is 0 Å². The fourth-order valence-corrected chi connectivity index (χ4v) is 2.76. The van der Waals surface area contributed by atoms with Crippen molar-refractivity contribution in [2.75, 3.05) is 12.8 Å². The van der Waals surface area contributed by atoms with E-state index in [4.69, 9.17) is 0 Å². The van der Waals surface area contributed by atoms with Gasteiger partial charge in [0.2, 0.25) is 10.0 Å². The molecule has 0 saturated heterocycles. The Labute approximate surface area is 87.3 Å². The SMILES string of the molecule is CC1CCCC(CCNS(C)(=O)=O)C1. The molecule has 0 amide bonds. The van der Waals surface area contributed by atoms with Crippen LogP contribution in [0.1, 0.15) is 39.0 Å². The van der Waals surface area contributed by atoms with E-state index in [-0.39, 0.29) is 0 Å². The van der Waals surface area contributed by atoms with Gasteiger partial charge in [-0.1, -0.05) is 26.2 Å². The molecular weight excluding hydrogens is 198 g/mol. The molecule has 2 unspecified atom stereocenters. The largest absolute Gasteiger partial charge is 0.215 e. The van der Waals surface area contributed by atoms with Crippen LogP contribution in [0.4, 0.5) is 0 Å². The van der Waals surface area contributed by atoms with E-state index in [0.29, 0.717) is 6.54 Å². The molecule has 14 heavy (non-hydrogen) atoms. The zero-order valence-corrected chi connectivity index (χ0v) is 9.94. The molecule has 0 aliphatic heterocycles. The Bertz CT molecular complexity index is 261. The lowest BCUT2D eigenvalue weighted by Crippen LogP contribution is -2.26. The maximum Gasteiger partial charge on any atom is 0.208 e. The third-order valence-corrected chi connectivity index (χ3v) is 3.69. The Morgan fingerprint density at radius 1 is 1.36 bits per heavy atom.